The van der Waals surface area contributed by atoms with Crippen LogP contribution in [0.5, 0.6) is 0 Å². The second-order valence-electron chi connectivity index (χ2n) is 5.19. The van der Waals surface area contributed by atoms with Crippen molar-refractivity contribution < 1.29 is 4.79 Å². The zero-order chi connectivity index (χ0) is 14.8. The number of nitrogens with zero attached hydrogens (tertiary/aromatic N) is 3. The summed E-state index contributed by atoms with van der Waals surface area (Å²) in [6.45, 7) is 4.71. The van der Waals surface area contributed by atoms with Crippen molar-refractivity contribution in [1.82, 2.24) is 9.47 Å². The van der Waals surface area contributed by atoms with E-state index < -0.39 is 0 Å². The smallest absolute Gasteiger partial charge is 0.219 e. The van der Waals surface area contributed by atoms with Gasteiger partial charge in [0.1, 0.15) is 0 Å². The predicted octanol–water partition coefficient (Wildman–Crippen LogP) is 2.80. The zero-order valence-corrected chi connectivity index (χ0v) is 12.8. The summed E-state index contributed by atoms with van der Waals surface area (Å²) in [4.78, 5) is 15.6. The number of halogens is 1. The Kier molecular flexibility index (Phi) is 3.88. The third kappa shape index (κ3) is 2.76. The van der Waals surface area contributed by atoms with Crippen LogP contribution in [0.25, 0.3) is 5.69 Å². The maximum atomic E-state index is 11.4. The van der Waals surface area contributed by atoms with Crippen LogP contribution in [0.2, 0.25) is 5.02 Å². The SMILES string of the molecule is CC(=O)N1CCN(c2c(Cl)cccc2-n2cccc2)CC1. The minimum Gasteiger partial charge on any atom is -0.365 e. The molecule has 0 N–H and O–H groups in total. The van der Waals surface area contributed by atoms with E-state index in [4.69, 9.17) is 11.6 Å². The van der Waals surface area contributed by atoms with Gasteiger partial charge >= 0.3 is 0 Å². The molecule has 2 aromatic rings. The van der Waals surface area contributed by atoms with Gasteiger partial charge in [-0.3, -0.25) is 4.79 Å². The molecular formula is C16H18ClN3O. The van der Waals surface area contributed by atoms with Crippen molar-refractivity contribution in [2.45, 2.75) is 6.92 Å². The molecule has 1 fully saturated rings. The molecule has 3 rings (SSSR count). The van der Waals surface area contributed by atoms with Crippen molar-refractivity contribution in [3.05, 3.63) is 47.7 Å². The average Bonchev–Trinajstić information content (AvgIpc) is 3.01. The molecule has 0 atom stereocenters. The summed E-state index contributed by atoms with van der Waals surface area (Å²) in [6.07, 6.45) is 4.03. The largest absolute Gasteiger partial charge is 0.365 e. The predicted molar refractivity (Wildman–Crippen MR) is 85.2 cm³/mol. The molecule has 0 bridgehead atoms. The second-order valence-corrected chi connectivity index (χ2v) is 5.60. The average molecular weight is 304 g/mol. The van der Waals surface area contributed by atoms with E-state index in [1.54, 1.807) is 6.92 Å². The Morgan fingerprint density at radius 1 is 1.05 bits per heavy atom. The van der Waals surface area contributed by atoms with Crippen LogP contribution < -0.4 is 4.90 Å². The first-order valence-electron chi connectivity index (χ1n) is 7.09. The molecule has 0 saturated carbocycles. The van der Waals surface area contributed by atoms with E-state index in [1.807, 2.05) is 41.6 Å². The summed E-state index contributed by atoms with van der Waals surface area (Å²) >= 11 is 6.44. The van der Waals surface area contributed by atoms with Crippen molar-refractivity contribution in [3.63, 3.8) is 0 Å². The molecule has 1 aliphatic rings. The van der Waals surface area contributed by atoms with Crippen LogP contribution in [0.1, 0.15) is 6.92 Å². The van der Waals surface area contributed by atoms with Crippen LogP contribution in [-0.4, -0.2) is 41.6 Å². The molecule has 0 aliphatic carbocycles. The number of amides is 1. The van der Waals surface area contributed by atoms with E-state index in [0.717, 1.165) is 42.6 Å². The lowest BCUT2D eigenvalue weighted by molar-refractivity contribution is -0.129. The molecule has 0 spiro atoms. The van der Waals surface area contributed by atoms with Gasteiger partial charge in [-0.2, -0.15) is 0 Å². The lowest BCUT2D eigenvalue weighted by Gasteiger charge is -2.37. The Balaban J connectivity index is 1.91. The van der Waals surface area contributed by atoms with Gasteiger partial charge in [0.2, 0.25) is 5.91 Å². The highest BCUT2D eigenvalue weighted by Gasteiger charge is 2.22. The number of hydrogen-bond acceptors (Lipinski definition) is 2. The molecule has 1 aliphatic heterocycles. The first-order valence-corrected chi connectivity index (χ1v) is 7.47. The molecule has 1 amide bonds. The number of carbonyl (C=O) groups excluding carboxylic acids is 1. The number of para-hydroxylation sites is 1. The fourth-order valence-corrected chi connectivity index (χ4v) is 3.05. The van der Waals surface area contributed by atoms with E-state index in [-0.39, 0.29) is 5.91 Å². The molecule has 1 saturated heterocycles. The number of anilines is 1. The van der Waals surface area contributed by atoms with Crippen LogP contribution in [-0.2, 0) is 4.79 Å². The third-order valence-electron chi connectivity index (χ3n) is 3.89. The molecule has 4 nitrogen and oxygen atoms in total. The summed E-state index contributed by atoms with van der Waals surface area (Å²) in [6, 6.07) is 9.95. The third-order valence-corrected chi connectivity index (χ3v) is 4.19. The molecule has 0 unspecified atom stereocenters. The van der Waals surface area contributed by atoms with E-state index >= 15 is 0 Å². The summed E-state index contributed by atoms with van der Waals surface area (Å²) in [7, 11) is 0. The summed E-state index contributed by atoms with van der Waals surface area (Å²) in [5.41, 5.74) is 2.11. The van der Waals surface area contributed by atoms with E-state index in [0.29, 0.717) is 0 Å². The van der Waals surface area contributed by atoms with Crippen molar-refractivity contribution >= 4 is 23.2 Å². The van der Waals surface area contributed by atoms with Crippen molar-refractivity contribution in [1.29, 1.82) is 0 Å². The molecule has 0 radical (unpaired) electrons. The van der Waals surface area contributed by atoms with Crippen molar-refractivity contribution in [2.75, 3.05) is 31.1 Å². The number of rotatable bonds is 2. The van der Waals surface area contributed by atoms with Crippen LogP contribution in [0.15, 0.2) is 42.7 Å². The van der Waals surface area contributed by atoms with Gasteiger partial charge in [0, 0.05) is 45.5 Å². The fraction of sp³-hybridized carbons (Fsp3) is 0.312. The van der Waals surface area contributed by atoms with Gasteiger partial charge in [0.05, 0.1) is 16.4 Å². The van der Waals surface area contributed by atoms with Crippen molar-refractivity contribution in [3.8, 4) is 5.69 Å². The van der Waals surface area contributed by atoms with Crippen LogP contribution in [0.4, 0.5) is 5.69 Å². The normalized spacial score (nSPS) is 15.3. The topological polar surface area (TPSA) is 28.5 Å². The lowest BCUT2D eigenvalue weighted by Crippen LogP contribution is -2.48. The summed E-state index contributed by atoms with van der Waals surface area (Å²) < 4.78 is 2.07. The zero-order valence-electron chi connectivity index (χ0n) is 12.0. The second kappa shape index (κ2) is 5.82. The van der Waals surface area contributed by atoms with Gasteiger partial charge in [-0.25, -0.2) is 0 Å². The quantitative estimate of drug-likeness (QED) is 0.853. The van der Waals surface area contributed by atoms with Gasteiger partial charge in [0.25, 0.3) is 0 Å². The van der Waals surface area contributed by atoms with E-state index in [9.17, 15) is 4.79 Å². The number of piperazine rings is 1. The highest BCUT2D eigenvalue weighted by molar-refractivity contribution is 6.33. The van der Waals surface area contributed by atoms with Crippen LogP contribution in [0.3, 0.4) is 0 Å². The molecule has 5 heteroatoms. The number of hydrogen-bond donors (Lipinski definition) is 0. The molecule has 110 valence electrons. The highest BCUT2D eigenvalue weighted by atomic mass is 35.5. The standard InChI is InChI=1S/C16H18ClN3O/c1-13(21)18-9-11-20(12-10-18)16-14(17)5-4-6-15(16)19-7-2-3-8-19/h2-8H,9-12H2,1H3. The summed E-state index contributed by atoms with van der Waals surface area (Å²) in [5, 5.41) is 0.748. The van der Waals surface area contributed by atoms with Gasteiger partial charge in [-0.1, -0.05) is 17.7 Å². The Morgan fingerprint density at radius 2 is 1.71 bits per heavy atom. The van der Waals surface area contributed by atoms with E-state index in [1.165, 1.54) is 0 Å². The van der Waals surface area contributed by atoms with Gasteiger partial charge in [0.15, 0.2) is 0 Å². The number of carbonyl (C=O) groups is 1. The van der Waals surface area contributed by atoms with Gasteiger partial charge < -0.3 is 14.4 Å². The maximum Gasteiger partial charge on any atom is 0.219 e. The Labute approximate surface area is 129 Å². The molecule has 21 heavy (non-hydrogen) atoms. The number of benzene rings is 1. The number of aromatic nitrogens is 1. The Bertz CT molecular complexity index is 631. The lowest BCUT2D eigenvalue weighted by atomic mass is 10.2. The summed E-state index contributed by atoms with van der Waals surface area (Å²) in [5.74, 6) is 0.138. The minimum atomic E-state index is 0.138. The van der Waals surface area contributed by atoms with Gasteiger partial charge in [-0.05, 0) is 24.3 Å². The first-order chi connectivity index (χ1) is 10.2. The monoisotopic (exact) mass is 303 g/mol. The van der Waals surface area contributed by atoms with Crippen molar-refractivity contribution in [2.24, 2.45) is 0 Å². The highest BCUT2D eigenvalue weighted by Crippen LogP contribution is 2.33. The Morgan fingerprint density at radius 3 is 2.33 bits per heavy atom. The first kappa shape index (κ1) is 14.0. The van der Waals surface area contributed by atoms with Crippen LogP contribution in [0, 0.1) is 0 Å². The minimum absolute atomic E-state index is 0.138. The molecular weight excluding hydrogens is 286 g/mol. The van der Waals surface area contributed by atoms with Gasteiger partial charge in [-0.15, -0.1) is 0 Å². The Hall–Kier alpha value is -1.94. The molecule has 2 heterocycles. The van der Waals surface area contributed by atoms with Crippen LogP contribution >= 0.6 is 11.6 Å². The molecule has 1 aromatic carbocycles. The fourth-order valence-electron chi connectivity index (χ4n) is 2.77. The molecule has 1 aromatic heterocycles. The van der Waals surface area contributed by atoms with E-state index in [2.05, 4.69) is 15.5 Å². The maximum absolute atomic E-state index is 11.4.